The third kappa shape index (κ3) is 1.45. The van der Waals surface area contributed by atoms with Gasteiger partial charge in [0, 0.05) is 0 Å². The van der Waals surface area contributed by atoms with E-state index in [0.717, 1.165) is 17.8 Å². The van der Waals surface area contributed by atoms with Crippen molar-refractivity contribution in [2.45, 2.75) is 38.5 Å². The zero-order chi connectivity index (χ0) is 10.4. The minimum absolute atomic E-state index is 0.402. The molecule has 1 nitrogen and oxygen atoms in total. The lowest BCUT2D eigenvalue weighted by atomic mass is 9.82. The van der Waals surface area contributed by atoms with E-state index in [1.165, 1.54) is 36.8 Å². The van der Waals surface area contributed by atoms with Crippen LogP contribution in [-0.4, -0.2) is 5.11 Å². The number of fused-ring (bicyclic) bond motifs is 2. The van der Waals surface area contributed by atoms with Crippen LogP contribution in [0, 0.1) is 18.8 Å². The van der Waals surface area contributed by atoms with E-state index < -0.39 is 0 Å². The first-order chi connectivity index (χ1) is 7.24. The van der Waals surface area contributed by atoms with E-state index in [0.29, 0.717) is 5.75 Å². The lowest BCUT2D eigenvalue weighted by Gasteiger charge is -2.23. The van der Waals surface area contributed by atoms with Gasteiger partial charge in [-0.3, -0.25) is 0 Å². The van der Waals surface area contributed by atoms with Crippen LogP contribution >= 0.6 is 0 Å². The normalized spacial score (nSPS) is 33.5. The summed E-state index contributed by atoms with van der Waals surface area (Å²) in [5.41, 5.74) is 2.76. The molecule has 0 radical (unpaired) electrons. The highest BCUT2D eigenvalue weighted by molar-refractivity contribution is 5.37. The van der Waals surface area contributed by atoms with E-state index in [1.54, 1.807) is 0 Å². The van der Waals surface area contributed by atoms with Gasteiger partial charge in [0.05, 0.1) is 0 Å². The smallest absolute Gasteiger partial charge is 0.115 e. The fourth-order valence-electron chi connectivity index (χ4n) is 3.70. The summed E-state index contributed by atoms with van der Waals surface area (Å²) in [5.74, 6) is 3.11. The maximum absolute atomic E-state index is 9.41. The second kappa shape index (κ2) is 3.26. The monoisotopic (exact) mass is 202 g/mol. The minimum Gasteiger partial charge on any atom is -0.508 e. The molecule has 0 spiro atoms. The first-order valence-electron chi connectivity index (χ1n) is 6.03. The van der Waals surface area contributed by atoms with Gasteiger partial charge in [-0.25, -0.2) is 0 Å². The summed E-state index contributed by atoms with van der Waals surface area (Å²) in [7, 11) is 0. The molecular formula is C14H18O. The molecule has 2 bridgehead atoms. The molecule has 1 aromatic rings. The molecule has 1 heteroatoms. The third-order valence-corrected chi connectivity index (χ3v) is 4.39. The van der Waals surface area contributed by atoms with Gasteiger partial charge in [0.15, 0.2) is 0 Å². The fourth-order valence-corrected chi connectivity index (χ4v) is 3.70. The Kier molecular flexibility index (Phi) is 2.01. The molecule has 0 unspecified atom stereocenters. The largest absolute Gasteiger partial charge is 0.508 e. The Morgan fingerprint density at radius 1 is 1.20 bits per heavy atom. The Bertz CT molecular complexity index is 383. The first kappa shape index (κ1) is 9.26. The van der Waals surface area contributed by atoms with E-state index in [9.17, 15) is 5.11 Å². The Morgan fingerprint density at radius 3 is 2.67 bits per heavy atom. The van der Waals surface area contributed by atoms with Crippen LogP contribution < -0.4 is 0 Å². The van der Waals surface area contributed by atoms with Gasteiger partial charge in [-0.05, 0) is 67.2 Å². The highest BCUT2D eigenvalue weighted by Crippen LogP contribution is 2.53. The number of aryl methyl sites for hydroxylation is 1. The van der Waals surface area contributed by atoms with Crippen molar-refractivity contribution < 1.29 is 5.11 Å². The summed E-state index contributed by atoms with van der Waals surface area (Å²) in [6, 6.07) is 5.88. The molecule has 0 aromatic heterocycles. The Labute approximate surface area is 91.1 Å². The maximum atomic E-state index is 9.41. The van der Waals surface area contributed by atoms with Crippen LogP contribution in [0.25, 0.3) is 0 Å². The quantitative estimate of drug-likeness (QED) is 0.737. The van der Waals surface area contributed by atoms with Crippen LogP contribution in [0.1, 0.15) is 42.7 Å². The molecule has 3 atom stereocenters. The Hall–Kier alpha value is -0.980. The van der Waals surface area contributed by atoms with Crippen molar-refractivity contribution in [3.8, 4) is 5.75 Å². The molecular weight excluding hydrogens is 184 g/mol. The molecule has 1 N–H and O–H groups in total. The number of benzene rings is 1. The second-order valence-corrected chi connectivity index (χ2v) is 5.32. The van der Waals surface area contributed by atoms with Crippen LogP contribution in [0.5, 0.6) is 5.75 Å². The summed E-state index contributed by atoms with van der Waals surface area (Å²) in [5, 5.41) is 9.41. The average Bonchev–Trinajstić information content (AvgIpc) is 2.78. The summed E-state index contributed by atoms with van der Waals surface area (Å²) in [4.78, 5) is 0. The molecule has 2 fully saturated rings. The van der Waals surface area contributed by atoms with Crippen LogP contribution in [0.3, 0.4) is 0 Å². The number of phenols is 1. The molecule has 0 heterocycles. The fraction of sp³-hybridized carbons (Fsp3) is 0.571. The number of phenolic OH excluding ortho intramolecular Hbond substituents is 1. The summed E-state index contributed by atoms with van der Waals surface area (Å²) < 4.78 is 0. The Morgan fingerprint density at radius 2 is 2.07 bits per heavy atom. The van der Waals surface area contributed by atoms with Crippen LogP contribution in [0.15, 0.2) is 18.2 Å². The van der Waals surface area contributed by atoms with Gasteiger partial charge in [-0.15, -0.1) is 0 Å². The van der Waals surface area contributed by atoms with Gasteiger partial charge < -0.3 is 5.11 Å². The molecule has 2 aliphatic rings. The predicted octanol–water partition coefficient (Wildman–Crippen LogP) is 3.60. The van der Waals surface area contributed by atoms with E-state index >= 15 is 0 Å². The molecule has 15 heavy (non-hydrogen) atoms. The molecule has 0 saturated heterocycles. The van der Waals surface area contributed by atoms with Crippen molar-refractivity contribution in [2.75, 3.05) is 0 Å². The van der Waals surface area contributed by atoms with Gasteiger partial charge in [0.1, 0.15) is 5.75 Å². The summed E-state index contributed by atoms with van der Waals surface area (Å²) in [6.45, 7) is 2.13. The number of hydrogen-bond donors (Lipinski definition) is 1. The van der Waals surface area contributed by atoms with Gasteiger partial charge in [0.25, 0.3) is 0 Å². The number of rotatable bonds is 1. The number of aromatic hydroxyl groups is 1. The van der Waals surface area contributed by atoms with E-state index in [-0.39, 0.29) is 0 Å². The van der Waals surface area contributed by atoms with Gasteiger partial charge in [0.2, 0.25) is 0 Å². The van der Waals surface area contributed by atoms with Gasteiger partial charge >= 0.3 is 0 Å². The van der Waals surface area contributed by atoms with Crippen molar-refractivity contribution in [1.82, 2.24) is 0 Å². The van der Waals surface area contributed by atoms with Crippen molar-refractivity contribution in [1.29, 1.82) is 0 Å². The minimum atomic E-state index is 0.402. The highest BCUT2D eigenvalue weighted by Gasteiger charge is 2.40. The summed E-state index contributed by atoms with van der Waals surface area (Å²) in [6.07, 6.45) is 5.72. The molecule has 3 rings (SSSR count). The van der Waals surface area contributed by atoms with Crippen molar-refractivity contribution in [3.05, 3.63) is 29.3 Å². The second-order valence-electron chi connectivity index (χ2n) is 5.32. The summed E-state index contributed by atoms with van der Waals surface area (Å²) >= 11 is 0. The molecule has 0 aliphatic heterocycles. The lowest BCUT2D eigenvalue weighted by Crippen LogP contribution is -2.09. The van der Waals surface area contributed by atoms with Crippen molar-refractivity contribution >= 4 is 0 Å². The van der Waals surface area contributed by atoms with Gasteiger partial charge in [-0.1, -0.05) is 12.5 Å². The van der Waals surface area contributed by atoms with E-state index in [4.69, 9.17) is 0 Å². The molecule has 80 valence electrons. The van der Waals surface area contributed by atoms with Crippen LogP contribution in [0.4, 0.5) is 0 Å². The van der Waals surface area contributed by atoms with E-state index in [1.807, 2.05) is 12.1 Å². The average molecular weight is 202 g/mol. The predicted molar refractivity (Wildman–Crippen MR) is 61.0 cm³/mol. The standard InChI is InChI=1S/C14H18O/c1-9-6-12(15)4-5-13(9)14-8-10-2-3-11(14)7-10/h4-6,10-11,14-15H,2-3,7-8H2,1H3/t10-,11-,14+/m1/s1. The number of hydrogen-bond acceptors (Lipinski definition) is 1. The maximum Gasteiger partial charge on any atom is 0.115 e. The highest BCUT2D eigenvalue weighted by atomic mass is 16.3. The first-order valence-corrected chi connectivity index (χ1v) is 6.03. The molecule has 2 aliphatic carbocycles. The zero-order valence-electron chi connectivity index (χ0n) is 9.24. The van der Waals surface area contributed by atoms with Crippen molar-refractivity contribution in [2.24, 2.45) is 11.8 Å². The molecule has 2 saturated carbocycles. The molecule has 1 aromatic carbocycles. The lowest BCUT2D eigenvalue weighted by molar-refractivity contribution is 0.417. The SMILES string of the molecule is Cc1cc(O)ccc1[C@H]1C[C@@H]2CC[C@@H]1C2. The van der Waals surface area contributed by atoms with Crippen LogP contribution in [0.2, 0.25) is 0 Å². The topological polar surface area (TPSA) is 20.2 Å². The Balaban J connectivity index is 1.93. The van der Waals surface area contributed by atoms with Crippen LogP contribution in [-0.2, 0) is 0 Å². The third-order valence-electron chi connectivity index (χ3n) is 4.39. The zero-order valence-corrected chi connectivity index (χ0v) is 9.24. The molecule has 0 amide bonds. The van der Waals surface area contributed by atoms with Crippen molar-refractivity contribution in [3.63, 3.8) is 0 Å². The van der Waals surface area contributed by atoms with E-state index in [2.05, 4.69) is 13.0 Å². The van der Waals surface area contributed by atoms with Gasteiger partial charge in [-0.2, -0.15) is 0 Å².